The molecule has 2 rings (SSSR count). The van der Waals surface area contributed by atoms with Gasteiger partial charge in [-0.1, -0.05) is 11.6 Å². The van der Waals surface area contributed by atoms with Crippen molar-refractivity contribution < 1.29 is 18.3 Å². The average Bonchev–Trinajstić information content (AvgIpc) is 2.46. The maximum atomic E-state index is 13.3. The van der Waals surface area contributed by atoms with Gasteiger partial charge in [-0.25, -0.2) is 8.78 Å². The van der Waals surface area contributed by atoms with Crippen molar-refractivity contribution in [2.75, 3.05) is 11.9 Å². The Bertz CT molecular complexity index is 760. The van der Waals surface area contributed by atoms with Gasteiger partial charge in [0.25, 0.3) is 5.91 Å². The van der Waals surface area contributed by atoms with Gasteiger partial charge in [0.1, 0.15) is 11.9 Å². The highest BCUT2D eigenvalue weighted by Gasteiger charge is 2.10. The molecule has 7 heteroatoms. The first kappa shape index (κ1) is 15.7. The molecule has 0 radical (unpaired) electrons. The molecule has 0 saturated heterocycles. The van der Waals surface area contributed by atoms with Crippen molar-refractivity contribution in [1.82, 2.24) is 0 Å². The SMILES string of the molecule is N#Cc1ccc(Cl)cc1NC(=O)COc1ccc(F)cc1F. The van der Waals surface area contributed by atoms with E-state index in [1.807, 2.05) is 6.07 Å². The summed E-state index contributed by atoms with van der Waals surface area (Å²) in [6.07, 6.45) is 0. The molecule has 4 nitrogen and oxygen atoms in total. The topological polar surface area (TPSA) is 62.1 Å². The molecule has 1 amide bonds. The van der Waals surface area contributed by atoms with Gasteiger partial charge in [0.15, 0.2) is 18.2 Å². The standard InChI is InChI=1S/C15H9ClF2N2O2/c16-10-2-1-9(7-19)13(5-10)20-15(21)8-22-14-4-3-11(17)6-12(14)18/h1-6H,8H2,(H,20,21). The Morgan fingerprint density at radius 3 is 2.73 bits per heavy atom. The van der Waals surface area contributed by atoms with Crippen LogP contribution in [0.1, 0.15) is 5.56 Å². The number of hydrogen-bond acceptors (Lipinski definition) is 3. The van der Waals surface area contributed by atoms with Crippen LogP contribution in [0, 0.1) is 23.0 Å². The number of hydrogen-bond donors (Lipinski definition) is 1. The first-order chi connectivity index (χ1) is 10.5. The summed E-state index contributed by atoms with van der Waals surface area (Å²) in [5, 5.41) is 11.7. The molecular formula is C15H9ClF2N2O2. The Hall–Kier alpha value is -2.65. The van der Waals surface area contributed by atoms with Crippen LogP contribution in [0.4, 0.5) is 14.5 Å². The van der Waals surface area contributed by atoms with E-state index >= 15 is 0 Å². The van der Waals surface area contributed by atoms with E-state index in [-0.39, 0.29) is 17.0 Å². The molecule has 2 aromatic rings. The Morgan fingerprint density at radius 2 is 2.05 bits per heavy atom. The molecule has 0 aliphatic heterocycles. The second-order valence-corrected chi connectivity index (χ2v) is 4.65. The molecular weight excluding hydrogens is 314 g/mol. The largest absolute Gasteiger partial charge is 0.481 e. The number of nitrogens with zero attached hydrogens (tertiary/aromatic N) is 1. The van der Waals surface area contributed by atoms with Crippen molar-refractivity contribution >= 4 is 23.2 Å². The molecule has 0 unspecified atom stereocenters. The summed E-state index contributed by atoms with van der Waals surface area (Å²) < 4.78 is 31.0. The predicted octanol–water partition coefficient (Wildman–Crippen LogP) is 3.51. The summed E-state index contributed by atoms with van der Waals surface area (Å²) >= 11 is 5.79. The Kier molecular flexibility index (Phi) is 4.92. The van der Waals surface area contributed by atoms with E-state index in [0.29, 0.717) is 11.1 Å². The summed E-state index contributed by atoms with van der Waals surface area (Å²) in [6, 6.07) is 9.03. The minimum absolute atomic E-state index is 0.225. The van der Waals surface area contributed by atoms with E-state index in [1.54, 1.807) is 0 Å². The van der Waals surface area contributed by atoms with E-state index in [4.69, 9.17) is 21.6 Å². The number of carbonyl (C=O) groups excluding carboxylic acids is 1. The highest BCUT2D eigenvalue weighted by atomic mass is 35.5. The first-order valence-electron chi connectivity index (χ1n) is 6.07. The lowest BCUT2D eigenvalue weighted by molar-refractivity contribution is -0.118. The second-order valence-electron chi connectivity index (χ2n) is 4.21. The smallest absolute Gasteiger partial charge is 0.262 e. The molecule has 0 saturated carbocycles. The van der Waals surface area contributed by atoms with Gasteiger partial charge in [-0.3, -0.25) is 4.79 Å². The normalized spacial score (nSPS) is 9.91. The molecule has 0 aliphatic carbocycles. The third kappa shape index (κ3) is 3.93. The van der Waals surface area contributed by atoms with E-state index in [2.05, 4.69) is 5.32 Å². The third-order valence-corrected chi connectivity index (χ3v) is 2.86. The monoisotopic (exact) mass is 322 g/mol. The quantitative estimate of drug-likeness (QED) is 0.937. The molecule has 0 heterocycles. The van der Waals surface area contributed by atoms with Crippen LogP contribution in [0.15, 0.2) is 36.4 Å². The van der Waals surface area contributed by atoms with Crippen LogP contribution in [-0.2, 0) is 4.79 Å². The number of nitrogens with one attached hydrogen (secondary N) is 1. The van der Waals surface area contributed by atoms with Crippen molar-refractivity contribution in [3.63, 3.8) is 0 Å². The number of carbonyl (C=O) groups is 1. The van der Waals surface area contributed by atoms with Crippen molar-refractivity contribution in [3.05, 3.63) is 58.6 Å². The molecule has 0 atom stereocenters. The number of benzene rings is 2. The van der Waals surface area contributed by atoms with Crippen molar-refractivity contribution in [3.8, 4) is 11.8 Å². The van der Waals surface area contributed by atoms with Gasteiger partial charge in [-0.15, -0.1) is 0 Å². The Morgan fingerprint density at radius 1 is 1.27 bits per heavy atom. The van der Waals surface area contributed by atoms with Crippen LogP contribution < -0.4 is 10.1 Å². The molecule has 1 N–H and O–H groups in total. The maximum Gasteiger partial charge on any atom is 0.262 e. The lowest BCUT2D eigenvalue weighted by atomic mass is 10.2. The lowest BCUT2D eigenvalue weighted by Gasteiger charge is -2.09. The van der Waals surface area contributed by atoms with Gasteiger partial charge in [0.05, 0.1) is 11.3 Å². The lowest BCUT2D eigenvalue weighted by Crippen LogP contribution is -2.21. The Labute approximate surface area is 129 Å². The third-order valence-electron chi connectivity index (χ3n) is 2.63. The fraction of sp³-hybridized carbons (Fsp3) is 0.0667. The summed E-state index contributed by atoms with van der Waals surface area (Å²) in [7, 11) is 0. The minimum atomic E-state index is -0.909. The average molecular weight is 323 g/mol. The van der Waals surface area contributed by atoms with Crippen molar-refractivity contribution in [2.24, 2.45) is 0 Å². The van der Waals surface area contributed by atoms with E-state index in [1.165, 1.54) is 18.2 Å². The van der Waals surface area contributed by atoms with Gasteiger partial charge in [0.2, 0.25) is 0 Å². The zero-order chi connectivity index (χ0) is 16.1. The summed E-state index contributed by atoms with van der Waals surface area (Å²) in [5.74, 6) is -2.51. The highest BCUT2D eigenvalue weighted by molar-refractivity contribution is 6.31. The number of anilines is 1. The zero-order valence-electron chi connectivity index (χ0n) is 11.1. The number of rotatable bonds is 4. The Balaban J connectivity index is 2.02. The highest BCUT2D eigenvalue weighted by Crippen LogP contribution is 2.21. The first-order valence-corrected chi connectivity index (χ1v) is 6.45. The zero-order valence-corrected chi connectivity index (χ0v) is 11.8. The van der Waals surface area contributed by atoms with E-state index < -0.39 is 24.1 Å². The van der Waals surface area contributed by atoms with Gasteiger partial charge < -0.3 is 10.1 Å². The minimum Gasteiger partial charge on any atom is -0.481 e. The van der Waals surface area contributed by atoms with Gasteiger partial charge in [0, 0.05) is 11.1 Å². The summed E-state index contributed by atoms with van der Waals surface area (Å²) in [4.78, 5) is 11.8. The predicted molar refractivity (Wildman–Crippen MR) is 76.6 cm³/mol. The molecule has 2 aromatic carbocycles. The number of ether oxygens (including phenoxy) is 1. The van der Waals surface area contributed by atoms with Gasteiger partial charge >= 0.3 is 0 Å². The molecule has 0 fully saturated rings. The van der Waals surface area contributed by atoms with Gasteiger partial charge in [-0.05, 0) is 30.3 Å². The molecule has 0 aromatic heterocycles. The summed E-state index contributed by atoms with van der Waals surface area (Å²) in [5.41, 5.74) is 0.453. The maximum absolute atomic E-state index is 13.3. The molecule has 0 bridgehead atoms. The molecule has 22 heavy (non-hydrogen) atoms. The fourth-order valence-corrected chi connectivity index (χ4v) is 1.81. The number of nitriles is 1. The van der Waals surface area contributed by atoms with E-state index in [0.717, 1.165) is 12.1 Å². The summed E-state index contributed by atoms with van der Waals surface area (Å²) in [6.45, 7) is -0.500. The number of halogens is 3. The molecule has 0 aliphatic rings. The molecule has 0 spiro atoms. The van der Waals surface area contributed by atoms with Gasteiger partial charge in [-0.2, -0.15) is 5.26 Å². The van der Waals surface area contributed by atoms with Crippen LogP contribution in [0.5, 0.6) is 5.75 Å². The second kappa shape index (κ2) is 6.87. The van der Waals surface area contributed by atoms with Crippen LogP contribution in [-0.4, -0.2) is 12.5 Å². The van der Waals surface area contributed by atoms with Crippen LogP contribution in [0.2, 0.25) is 5.02 Å². The van der Waals surface area contributed by atoms with Crippen molar-refractivity contribution in [2.45, 2.75) is 0 Å². The van der Waals surface area contributed by atoms with Crippen LogP contribution in [0.25, 0.3) is 0 Å². The van der Waals surface area contributed by atoms with Crippen molar-refractivity contribution in [1.29, 1.82) is 5.26 Å². The molecule has 112 valence electrons. The van der Waals surface area contributed by atoms with Crippen LogP contribution >= 0.6 is 11.6 Å². The van der Waals surface area contributed by atoms with E-state index in [9.17, 15) is 13.6 Å². The fourth-order valence-electron chi connectivity index (χ4n) is 1.64. The number of amides is 1. The van der Waals surface area contributed by atoms with Crippen LogP contribution in [0.3, 0.4) is 0 Å².